The number of urea groups is 1. The molecule has 0 bridgehead atoms. The fraction of sp³-hybridized carbons (Fsp3) is 0.500. The second kappa shape index (κ2) is 8.26. The van der Waals surface area contributed by atoms with Crippen LogP contribution >= 0.6 is 0 Å². The minimum atomic E-state index is -0.165. The highest BCUT2D eigenvalue weighted by atomic mass is 16.6. The Morgan fingerprint density at radius 3 is 2.52 bits per heavy atom. The van der Waals surface area contributed by atoms with E-state index >= 15 is 0 Å². The Morgan fingerprint density at radius 1 is 1.13 bits per heavy atom. The van der Waals surface area contributed by atoms with Crippen molar-refractivity contribution < 1.29 is 19.1 Å². The second-order valence-corrected chi connectivity index (χ2v) is 5.06. The van der Waals surface area contributed by atoms with Crippen LogP contribution in [0.2, 0.25) is 0 Å². The first kappa shape index (κ1) is 16.9. The van der Waals surface area contributed by atoms with Crippen molar-refractivity contribution in [1.29, 1.82) is 0 Å². The third-order valence-electron chi connectivity index (χ3n) is 3.50. The maximum absolute atomic E-state index is 11.9. The van der Waals surface area contributed by atoms with E-state index < -0.39 is 0 Å². The number of amides is 3. The molecule has 7 nitrogen and oxygen atoms in total. The number of nitrogens with zero attached hydrogens (tertiary/aromatic N) is 1. The van der Waals surface area contributed by atoms with E-state index in [1.54, 1.807) is 23.1 Å². The molecular weight excluding hydrogens is 298 g/mol. The lowest BCUT2D eigenvalue weighted by atomic mass is 10.2. The van der Waals surface area contributed by atoms with Gasteiger partial charge < -0.3 is 25.0 Å². The fourth-order valence-electron chi connectivity index (χ4n) is 2.25. The predicted molar refractivity (Wildman–Crippen MR) is 87.0 cm³/mol. The van der Waals surface area contributed by atoms with Crippen LogP contribution in [0.3, 0.4) is 0 Å². The van der Waals surface area contributed by atoms with Gasteiger partial charge in [0.25, 0.3) is 0 Å². The third-order valence-corrected chi connectivity index (χ3v) is 3.50. The Hall–Kier alpha value is -2.44. The highest BCUT2D eigenvalue weighted by Gasteiger charge is 2.13. The maximum Gasteiger partial charge on any atom is 0.317 e. The van der Waals surface area contributed by atoms with Crippen LogP contribution < -0.4 is 20.1 Å². The molecule has 0 aliphatic carbocycles. The summed E-state index contributed by atoms with van der Waals surface area (Å²) in [5.74, 6) is 1.14. The van der Waals surface area contributed by atoms with Gasteiger partial charge in [0.1, 0.15) is 13.2 Å². The average Bonchev–Trinajstić information content (AvgIpc) is 2.56. The lowest BCUT2D eigenvalue weighted by Gasteiger charge is -2.19. The number of benzene rings is 1. The molecule has 0 saturated heterocycles. The number of hydrogen-bond donors (Lipinski definition) is 2. The number of fused-ring (bicyclic) bond motifs is 1. The van der Waals surface area contributed by atoms with Crippen molar-refractivity contribution in [2.75, 3.05) is 38.2 Å². The quantitative estimate of drug-likeness (QED) is 0.838. The van der Waals surface area contributed by atoms with Crippen molar-refractivity contribution in [3.05, 3.63) is 18.2 Å². The van der Waals surface area contributed by atoms with Crippen molar-refractivity contribution in [3.63, 3.8) is 0 Å². The molecule has 0 aromatic heterocycles. The van der Waals surface area contributed by atoms with Crippen LogP contribution in [-0.2, 0) is 4.79 Å². The molecule has 1 aromatic rings. The van der Waals surface area contributed by atoms with Crippen molar-refractivity contribution >= 4 is 17.6 Å². The van der Waals surface area contributed by atoms with E-state index in [1.807, 2.05) is 13.8 Å². The highest BCUT2D eigenvalue weighted by Crippen LogP contribution is 2.32. The van der Waals surface area contributed by atoms with Crippen molar-refractivity contribution in [2.24, 2.45) is 0 Å². The Kier molecular flexibility index (Phi) is 6.08. The topological polar surface area (TPSA) is 79.9 Å². The number of anilines is 1. The van der Waals surface area contributed by atoms with E-state index in [0.717, 1.165) is 0 Å². The van der Waals surface area contributed by atoms with Crippen LogP contribution in [0.1, 0.15) is 20.3 Å². The number of nitrogens with one attached hydrogen (secondary N) is 2. The summed E-state index contributed by atoms with van der Waals surface area (Å²) in [6, 6.07) is 5.12. The molecule has 0 unspecified atom stereocenters. The van der Waals surface area contributed by atoms with Gasteiger partial charge in [-0.25, -0.2) is 4.79 Å². The van der Waals surface area contributed by atoms with Crippen LogP contribution in [0.5, 0.6) is 11.5 Å². The van der Waals surface area contributed by atoms with Crippen molar-refractivity contribution in [2.45, 2.75) is 20.3 Å². The summed E-state index contributed by atoms with van der Waals surface area (Å²) in [6.45, 7) is 6.45. The van der Waals surface area contributed by atoms with E-state index in [1.165, 1.54) is 0 Å². The lowest BCUT2D eigenvalue weighted by Crippen LogP contribution is -2.40. The smallest absolute Gasteiger partial charge is 0.317 e. The predicted octanol–water partition coefficient (Wildman–Crippen LogP) is 1.84. The maximum atomic E-state index is 11.9. The van der Waals surface area contributed by atoms with Gasteiger partial charge >= 0.3 is 6.03 Å². The van der Waals surface area contributed by atoms with E-state index in [4.69, 9.17) is 9.47 Å². The normalized spacial score (nSPS) is 12.4. The SMILES string of the molecule is CCN(CC)C(=O)NCCC(=O)Nc1ccc2c(c1)OCCO2. The van der Waals surface area contributed by atoms with Gasteiger partial charge in [-0.1, -0.05) is 0 Å². The number of rotatable bonds is 6. The molecule has 1 aromatic carbocycles. The molecule has 1 heterocycles. The van der Waals surface area contributed by atoms with Crippen LogP contribution in [0, 0.1) is 0 Å². The highest BCUT2D eigenvalue weighted by molar-refractivity contribution is 5.91. The molecule has 3 amide bonds. The Bertz CT molecular complexity index is 558. The largest absolute Gasteiger partial charge is 0.486 e. The van der Waals surface area contributed by atoms with Crippen LogP contribution in [-0.4, -0.2) is 49.7 Å². The monoisotopic (exact) mass is 321 g/mol. The molecule has 0 radical (unpaired) electrons. The zero-order valence-electron chi connectivity index (χ0n) is 13.6. The average molecular weight is 321 g/mol. The molecule has 7 heteroatoms. The molecule has 0 spiro atoms. The standard InChI is InChI=1S/C16H23N3O4/c1-3-19(4-2)16(21)17-8-7-15(20)18-12-5-6-13-14(11-12)23-10-9-22-13/h5-6,11H,3-4,7-10H2,1-2H3,(H,17,21)(H,18,20). The van der Waals surface area contributed by atoms with E-state index in [-0.39, 0.29) is 18.4 Å². The first-order valence-electron chi connectivity index (χ1n) is 7.86. The van der Waals surface area contributed by atoms with Gasteiger partial charge in [0, 0.05) is 37.8 Å². The van der Waals surface area contributed by atoms with Gasteiger partial charge in [0.2, 0.25) is 5.91 Å². The molecule has 1 aliphatic rings. The molecule has 126 valence electrons. The number of ether oxygens (including phenoxy) is 2. The molecule has 0 saturated carbocycles. The molecule has 1 aliphatic heterocycles. The summed E-state index contributed by atoms with van der Waals surface area (Å²) in [5, 5.41) is 5.52. The zero-order valence-corrected chi connectivity index (χ0v) is 13.6. The first-order chi connectivity index (χ1) is 11.1. The first-order valence-corrected chi connectivity index (χ1v) is 7.86. The summed E-state index contributed by atoms with van der Waals surface area (Å²) in [5.41, 5.74) is 0.648. The molecule has 23 heavy (non-hydrogen) atoms. The summed E-state index contributed by atoms with van der Waals surface area (Å²) >= 11 is 0. The van der Waals surface area contributed by atoms with E-state index in [0.29, 0.717) is 50.0 Å². The minimum Gasteiger partial charge on any atom is -0.486 e. The van der Waals surface area contributed by atoms with Crippen LogP contribution in [0.25, 0.3) is 0 Å². The minimum absolute atomic E-state index is 0.151. The van der Waals surface area contributed by atoms with Crippen LogP contribution in [0.4, 0.5) is 10.5 Å². The van der Waals surface area contributed by atoms with Crippen LogP contribution in [0.15, 0.2) is 18.2 Å². The third kappa shape index (κ3) is 4.77. The fourth-order valence-corrected chi connectivity index (χ4v) is 2.25. The van der Waals surface area contributed by atoms with E-state index in [2.05, 4.69) is 10.6 Å². The van der Waals surface area contributed by atoms with Crippen molar-refractivity contribution in [1.82, 2.24) is 10.2 Å². The Morgan fingerprint density at radius 2 is 1.83 bits per heavy atom. The van der Waals surface area contributed by atoms with Gasteiger partial charge in [0.05, 0.1) is 0 Å². The summed E-state index contributed by atoms with van der Waals surface area (Å²) in [4.78, 5) is 25.3. The summed E-state index contributed by atoms with van der Waals surface area (Å²) < 4.78 is 10.9. The lowest BCUT2D eigenvalue weighted by molar-refractivity contribution is -0.116. The summed E-state index contributed by atoms with van der Waals surface area (Å²) in [7, 11) is 0. The van der Waals surface area contributed by atoms with Gasteiger partial charge in [0.15, 0.2) is 11.5 Å². The Labute approximate surface area is 135 Å². The summed E-state index contributed by atoms with van der Waals surface area (Å²) in [6.07, 6.45) is 0.210. The zero-order chi connectivity index (χ0) is 16.7. The number of carbonyl (C=O) groups excluding carboxylic acids is 2. The van der Waals surface area contributed by atoms with Gasteiger partial charge in [-0.3, -0.25) is 4.79 Å². The molecule has 0 fully saturated rings. The number of hydrogen-bond acceptors (Lipinski definition) is 4. The Balaban J connectivity index is 1.78. The molecular formula is C16H23N3O4. The molecule has 2 rings (SSSR count). The molecule has 2 N–H and O–H groups in total. The molecule has 0 atom stereocenters. The van der Waals surface area contributed by atoms with Gasteiger partial charge in [-0.2, -0.15) is 0 Å². The van der Waals surface area contributed by atoms with Gasteiger partial charge in [-0.15, -0.1) is 0 Å². The number of carbonyl (C=O) groups is 2. The van der Waals surface area contributed by atoms with Gasteiger partial charge in [-0.05, 0) is 26.0 Å². The van der Waals surface area contributed by atoms with E-state index in [9.17, 15) is 9.59 Å². The second-order valence-electron chi connectivity index (χ2n) is 5.06. The van der Waals surface area contributed by atoms with Crippen molar-refractivity contribution in [3.8, 4) is 11.5 Å².